The van der Waals surface area contributed by atoms with Gasteiger partial charge in [-0.1, -0.05) is 24.3 Å². The van der Waals surface area contributed by atoms with Gasteiger partial charge in [-0.05, 0) is 33.8 Å². The Hall–Kier alpha value is 0.196. The number of hydrogen-bond donors (Lipinski definition) is 0. The van der Waals surface area contributed by atoms with E-state index < -0.39 is 19.3 Å². The van der Waals surface area contributed by atoms with Gasteiger partial charge in [-0.25, -0.2) is 0 Å². The molecule has 0 unspecified atom stereocenters. The largest absolute Gasteiger partial charge is 0.538 e. The molecule has 0 aromatic heterocycles. The Labute approximate surface area is 106 Å². The van der Waals surface area contributed by atoms with Gasteiger partial charge in [-0.3, -0.25) is 9.80 Å². The summed E-state index contributed by atoms with van der Waals surface area (Å²) in [6.45, 7) is 0. The van der Waals surface area contributed by atoms with Crippen molar-refractivity contribution in [2.75, 3.05) is 28.2 Å². The molecule has 0 aliphatic heterocycles. The Kier molecular flexibility index (Phi) is 5.36. The van der Waals surface area contributed by atoms with Crippen molar-refractivity contribution in [2.45, 2.75) is 6.17 Å². The van der Waals surface area contributed by atoms with E-state index in [0.29, 0.717) is 6.17 Å². The lowest BCUT2D eigenvalue weighted by atomic mass is 10.1. The monoisotopic (exact) mass is 236 g/mol. The van der Waals surface area contributed by atoms with Gasteiger partial charge in [-0.2, -0.15) is 0 Å². The van der Waals surface area contributed by atoms with E-state index in [0.717, 1.165) is 0 Å². The maximum absolute atomic E-state index is 5.90. The minimum atomic E-state index is -0.543. The Balaban J connectivity index is 2.92. The summed E-state index contributed by atoms with van der Waals surface area (Å²) in [4.78, 5) is 4.40. The fraction of sp³-hybridized carbons (Fsp3) is 0.455. The minimum absolute atomic E-state index is 0.330. The highest BCUT2D eigenvalue weighted by atomic mass is 35.5. The zero-order valence-corrected chi connectivity index (χ0v) is 12.0. The van der Waals surface area contributed by atoms with Crippen LogP contribution in [0.25, 0.3) is 0 Å². The normalized spacial score (nSPS) is 11.2. The molecule has 1 aromatic carbocycles. The van der Waals surface area contributed by atoms with E-state index in [1.807, 2.05) is 0 Å². The molecule has 0 aliphatic rings. The molecule has 1 rings (SSSR count). The molecule has 0 bridgehead atoms. The van der Waals surface area contributed by atoms with Crippen molar-refractivity contribution < 1.29 is 0 Å². The van der Waals surface area contributed by atoms with E-state index in [1.54, 1.807) is 0 Å². The van der Waals surface area contributed by atoms with Gasteiger partial charge >= 0.3 is 19.3 Å². The molecule has 0 atom stereocenters. The van der Waals surface area contributed by atoms with Crippen LogP contribution < -0.4 is 3.69 Å². The van der Waals surface area contributed by atoms with E-state index in [4.69, 9.17) is 9.07 Å². The molecule has 0 radical (unpaired) electrons. The van der Waals surface area contributed by atoms with Crippen LogP contribution in [0, 0.1) is 0 Å². The van der Waals surface area contributed by atoms with Crippen molar-refractivity contribution in [1.29, 1.82) is 0 Å². The molecule has 0 N–H and O–H groups in total. The van der Waals surface area contributed by atoms with Gasteiger partial charge in [0.2, 0.25) is 0 Å². The minimum Gasteiger partial charge on any atom is -0.336 e. The molecule has 2 nitrogen and oxygen atoms in total. The summed E-state index contributed by atoms with van der Waals surface area (Å²) in [5.74, 6) is 0. The first kappa shape index (κ1) is 13.3. The number of benzene rings is 1. The number of halogens is 1. The van der Waals surface area contributed by atoms with Crippen molar-refractivity contribution >= 4 is 32.0 Å². The number of rotatable bonds is 4. The fourth-order valence-corrected chi connectivity index (χ4v) is 2.79. The Bertz CT molecular complexity index is 290. The fourth-order valence-electron chi connectivity index (χ4n) is 1.84. The smallest absolute Gasteiger partial charge is 0.336 e. The molecule has 15 heavy (non-hydrogen) atoms. The third-order valence-corrected chi connectivity index (χ3v) is 4.12. The van der Waals surface area contributed by atoms with Crippen LogP contribution in [0.3, 0.4) is 0 Å². The van der Waals surface area contributed by atoms with E-state index in [2.05, 4.69) is 62.3 Å². The SMILES string of the molecule is CN(C)C(c1cc[c]([Mg][Cl])cc1)N(C)C. The standard InChI is InChI=1S/C11H17N2.ClH.Mg/c1-12(2)11(13(3)4)10-8-6-5-7-9-10;;/h6-9,11H,1-4H3;1H;/q;;+1/p-1. The van der Waals surface area contributed by atoms with E-state index >= 15 is 0 Å². The lowest BCUT2D eigenvalue weighted by molar-refractivity contribution is 0.131. The average molecular weight is 237 g/mol. The molecule has 0 amide bonds. The van der Waals surface area contributed by atoms with Crippen molar-refractivity contribution in [3.8, 4) is 0 Å². The summed E-state index contributed by atoms with van der Waals surface area (Å²) in [6, 6.07) is 8.65. The third kappa shape index (κ3) is 3.61. The van der Waals surface area contributed by atoms with Crippen molar-refractivity contribution in [1.82, 2.24) is 9.80 Å². The molecule has 0 spiro atoms. The van der Waals surface area contributed by atoms with Gasteiger partial charge in [0.15, 0.2) is 0 Å². The summed E-state index contributed by atoms with van der Waals surface area (Å²) in [5, 5.41) is 0. The summed E-state index contributed by atoms with van der Waals surface area (Å²) in [5.41, 5.74) is 1.31. The molecule has 0 heterocycles. The van der Waals surface area contributed by atoms with E-state index in [9.17, 15) is 0 Å². The summed E-state index contributed by atoms with van der Waals surface area (Å²) in [6.07, 6.45) is 0.330. The molecule has 0 fully saturated rings. The molecule has 1 aromatic rings. The van der Waals surface area contributed by atoms with E-state index in [1.165, 1.54) is 9.26 Å². The zero-order valence-electron chi connectivity index (χ0n) is 9.87. The summed E-state index contributed by atoms with van der Waals surface area (Å²) >= 11 is -0.543. The van der Waals surface area contributed by atoms with Gasteiger partial charge in [0.25, 0.3) is 0 Å². The topological polar surface area (TPSA) is 6.48 Å². The highest BCUT2D eigenvalue weighted by molar-refractivity contribution is 7.01. The molecular weight excluding hydrogens is 220 g/mol. The van der Waals surface area contributed by atoms with Crippen LogP contribution in [0.2, 0.25) is 0 Å². The van der Waals surface area contributed by atoms with Crippen LogP contribution in [-0.4, -0.2) is 57.3 Å². The van der Waals surface area contributed by atoms with E-state index in [-0.39, 0.29) is 0 Å². The second kappa shape index (κ2) is 6.06. The predicted molar refractivity (Wildman–Crippen MR) is 67.8 cm³/mol. The van der Waals surface area contributed by atoms with Crippen LogP contribution in [0.5, 0.6) is 0 Å². The van der Waals surface area contributed by atoms with Crippen LogP contribution in [-0.2, 0) is 0 Å². The van der Waals surface area contributed by atoms with Crippen LogP contribution in [0.15, 0.2) is 24.3 Å². The maximum Gasteiger partial charge on any atom is 0.538 e. The molecule has 0 saturated heterocycles. The lowest BCUT2D eigenvalue weighted by Crippen LogP contribution is -2.32. The first-order chi connectivity index (χ1) is 7.06. The van der Waals surface area contributed by atoms with Crippen molar-refractivity contribution in [3.05, 3.63) is 29.8 Å². The van der Waals surface area contributed by atoms with Gasteiger partial charge in [0.1, 0.15) is 0 Å². The van der Waals surface area contributed by atoms with Gasteiger partial charge < -0.3 is 9.07 Å². The molecular formula is C11H17ClMgN2. The molecule has 0 aliphatic carbocycles. The average Bonchev–Trinajstić information content (AvgIpc) is 2.18. The Morgan fingerprint density at radius 1 is 1.00 bits per heavy atom. The summed E-state index contributed by atoms with van der Waals surface area (Å²) < 4.78 is 1.30. The summed E-state index contributed by atoms with van der Waals surface area (Å²) in [7, 11) is 14.3. The first-order valence-electron chi connectivity index (χ1n) is 5.04. The molecule has 0 saturated carbocycles. The van der Waals surface area contributed by atoms with Gasteiger partial charge in [-0.15, -0.1) is 3.69 Å². The van der Waals surface area contributed by atoms with Gasteiger partial charge in [0.05, 0.1) is 6.17 Å². The number of nitrogens with zero attached hydrogens (tertiary/aromatic N) is 2. The van der Waals surface area contributed by atoms with Crippen molar-refractivity contribution in [3.63, 3.8) is 0 Å². The van der Waals surface area contributed by atoms with Crippen LogP contribution in [0.1, 0.15) is 11.7 Å². The van der Waals surface area contributed by atoms with Crippen molar-refractivity contribution in [2.24, 2.45) is 0 Å². The Morgan fingerprint density at radius 3 is 1.80 bits per heavy atom. The lowest BCUT2D eigenvalue weighted by Gasteiger charge is -2.31. The highest BCUT2D eigenvalue weighted by Crippen LogP contribution is 2.18. The number of hydrogen-bond acceptors (Lipinski definition) is 2. The van der Waals surface area contributed by atoms with Gasteiger partial charge in [0, 0.05) is 0 Å². The first-order valence-corrected chi connectivity index (χ1v) is 7.88. The molecule has 80 valence electrons. The third-order valence-electron chi connectivity index (χ3n) is 2.41. The predicted octanol–water partition coefficient (Wildman–Crippen LogP) is 1.29. The molecule has 4 heteroatoms. The van der Waals surface area contributed by atoms with Crippen LogP contribution >= 0.6 is 9.07 Å². The quantitative estimate of drug-likeness (QED) is 0.575. The second-order valence-corrected chi connectivity index (χ2v) is 6.06. The second-order valence-electron chi connectivity index (χ2n) is 4.18. The maximum atomic E-state index is 5.90. The van der Waals surface area contributed by atoms with Crippen LogP contribution in [0.4, 0.5) is 0 Å². The zero-order chi connectivity index (χ0) is 11.4. The highest BCUT2D eigenvalue weighted by Gasteiger charge is 2.15. The Morgan fingerprint density at radius 2 is 1.47 bits per heavy atom.